The number of Topliss-reactive ketones (excluding diaryl/α,β-unsaturated/α-hetero) is 1. The zero-order valence-electron chi connectivity index (χ0n) is 34.0. The number of ketones is 1. The highest BCUT2D eigenvalue weighted by Gasteiger charge is 2.36. The molecule has 1 atom stereocenters. The van der Waals surface area contributed by atoms with Crippen LogP contribution in [-0.4, -0.2) is 37.6 Å². The first-order chi connectivity index (χ1) is 27.4. The molecule has 1 unspecified atom stereocenters. The summed E-state index contributed by atoms with van der Waals surface area (Å²) in [5.41, 5.74) is 5.31. The van der Waals surface area contributed by atoms with E-state index in [2.05, 4.69) is 96.3 Å². The molecule has 1 aromatic heterocycles. The molecule has 58 heavy (non-hydrogen) atoms. The van der Waals surface area contributed by atoms with E-state index in [-0.39, 0.29) is 47.2 Å². The minimum atomic E-state index is -0.284. The van der Waals surface area contributed by atoms with Crippen molar-refractivity contribution >= 4 is 41.4 Å². The lowest BCUT2D eigenvalue weighted by Gasteiger charge is -2.37. The number of benzene rings is 4. The number of carbonyl (C=O) groups is 1. The Morgan fingerprint density at radius 1 is 0.810 bits per heavy atom. The number of carbonyl (C=O) groups excluding carboxylic acids is 1. The van der Waals surface area contributed by atoms with Crippen LogP contribution in [0.3, 0.4) is 0 Å². The number of nitrogens with zero attached hydrogens (tertiary/aromatic N) is 1. The summed E-state index contributed by atoms with van der Waals surface area (Å²) >= 11 is 0. The van der Waals surface area contributed by atoms with Crippen LogP contribution in [0.25, 0.3) is 10.8 Å². The van der Waals surface area contributed by atoms with Crippen LogP contribution in [0, 0.1) is 5.82 Å². The van der Waals surface area contributed by atoms with Gasteiger partial charge < -0.3 is 14.8 Å². The van der Waals surface area contributed by atoms with Crippen LogP contribution in [-0.2, 0) is 28.5 Å². The van der Waals surface area contributed by atoms with Gasteiger partial charge in [-0.15, -0.1) is 24.8 Å². The Hall–Kier alpha value is -4.23. The van der Waals surface area contributed by atoms with Gasteiger partial charge >= 0.3 is 0 Å². The Balaban J connectivity index is 0.00000320. The molecule has 8 heteroatoms. The van der Waals surface area contributed by atoms with Crippen LogP contribution in [0.15, 0.2) is 115 Å². The molecule has 0 radical (unpaired) electrons. The predicted molar refractivity (Wildman–Crippen MR) is 240 cm³/mol. The summed E-state index contributed by atoms with van der Waals surface area (Å²) in [6, 6.07) is 35.3. The lowest BCUT2D eigenvalue weighted by Crippen LogP contribution is -2.45. The fraction of sp³-hybridized carbons (Fsp3) is 0.400. The number of halogens is 3. The number of pyridine rings is 1. The van der Waals surface area contributed by atoms with Crippen LogP contribution >= 0.6 is 24.8 Å². The quantitative estimate of drug-likeness (QED) is 0.0841. The van der Waals surface area contributed by atoms with Gasteiger partial charge in [-0.25, -0.2) is 4.39 Å². The maximum absolute atomic E-state index is 13.4. The molecular formula is C50H59Cl2FN2O3. The third-order valence-corrected chi connectivity index (χ3v) is 12.5. The van der Waals surface area contributed by atoms with Crippen molar-refractivity contribution < 1.29 is 18.7 Å². The van der Waals surface area contributed by atoms with E-state index < -0.39 is 0 Å². The Morgan fingerprint density at radius 3 is 2.07 bits per heavy atom. The second-order valence-corrected chi connectivity index (χ2v) is 16.0. The highest BCUT2D eigenvalue weighted by atomic mass is 35.5. The normalized spacial score (nSPS) is 16.5. The first-order valence-corrected chi connectivity index (χ1v) is 20.8. The van der Waals surface area contributed by atoms with E-state index in [9.17, 15) is 9.18 Å². The molecule has 2 aliphatic carbocycles. The molecule has 2 aliphatic rings. The molecule has 4 aromatic carbocycles. The number of rotatable bonds is 19. The van der Waals surface area contributed by atoms with Crippen molar-refractivity contribution in [3.05, 3.63) is 149 Å². The molecule has 0 bridgehead atoms. The third kappa shape index (κ3) is 10.5. The van der Waals surface area contributed by atoms with Crippen LogP contribution in [0.5, 0.6) is 11.5 Å². The van der Waals surface area contributed by atoms with Gasteiger partial charge in [-0.3, -0.25) is 9.78 Å². The van der Waals surface area contributed by atoms with Crippen molar-refractivity contribution in [3.8, 4) is 11.5 Å². The van der Waals surface area contributed by atoms with Crippen LogP contribution in [0.2, 0.25) is 0 Å². The van der Waals surface area contributed by atoms with Crippen molar-refractivity contribution in [1.82, 2.24) is 10.3 Å². The maximum Gasteiger partial charge on any atom is 0.161 e. The van der Waals surface area contributed by atoms with Gasteiger partial charge in [0.25, 0.3) is 0 Å². The minimum Gasteiger partial charge on any atom is -0.493 e. The van der Waals surface area contributed by atoms with Crippen LogP contribution in [0.4, 0.5) is 4.39 Å². The standard InChI is InChI=1S/C50H57FN2O3.2ClH/c1-55-46-33-38-34-48(49(29-10-5-11-30-49)36-52-42-19-12-20-42)53-45(44(38)35-47(46)56-2)22-14-32-50(39-15-6-3-7-16-39,40-17-8-4-9-18-40)31-13-21-43(54)28-25-37-23-26-41(51)27-24-37;;/h3-4,6-10,15-18,23-24,26-27,29,33-35,42,52H,5,11-14,19-22,25,28,30-32,36H2,1-2H3;2*1H. The first-order valence-electron chi connectivity index (χ1n) is 20.8. The fourth-order valence-electron chi connectivity index (χ4n) is 9.00. The van der Waals surface area contributed by atoms with Gasteiger partial charge in [-0.2, -0.15) is 0 Å². The number of aromatic nitrogens is 1. The molecule has 1 N–H and O–H groups in total. The van der Waals surface area contributed by atoms with E-state index in [4.69, 9.17) is 14.5 Å². The van der Waals surface area contributed by atoms with Gasteiger partial charge in [-0.1, -0.05) is 91.4 Å². The number of aryl methyl sites for hydroxylation is 2. The summed E-state index contributed by atoms with van der Waals surface area (Å²) in [4.78, 5) is 18.8. The van der Waals surface area contributed by atoms with Crippen LogP contribution < -0.4 is 14.8 Å². The average molecular weight is 826 g/mol. The molecule has 5 aromatic rings. The Morgan fingerprint density at radius 2 is 1.47 bits per heavy atom. The molecule has 1 heterocycles. The van der Waals surface area contributed by atoms with Crippen molar-refractivity contribution in [2.24, 2.45) is 0 Å². The maximum atomic E-state index is 13.4. The monoisotopic (exact) mass is 824 g/mol. The largest absolute Gasteiger partial charge is 0.493 e. The van der Waals surface area contributed by atoms with Crippen LogP contribution in [0.1, 0.15) is 105 Å². The van der Waals surface area contributed by atoms with Crippen molar-refractivity contribution in [3.63, 3.8) is 0 Å². The minimum absolute atomic E-state index is 0. The molecule has 7 rings (SSSR count). The molecule has 1 saturated carbocycles. The van der Waals surface area contributed by atoms with E-state index in [0.717, 1.165) is 91.4 Å². The number of ether oxygens (including phenoxy) is 2. The molecule has 5 nitrogen and oxygen atoms in total. The highest BCUT2D eigenvalue weighted by molar-refractivity contribution is 5.89. The number of hydrogen-bond donors (Lipinski definition) is 1. The molecule has 0 saturated heterocycles. The Labute approximate surface area is 357 Å². The first kappa shape index (κ1) is 44.9. The zero-order chi connectivity index (χ0) is 38.8. The summed E-state index contributed by atoms with van der Waals surface area (Å²) in [5.74, 6) is 1.43. The van der Waals surface area contributed by atoms with E-state index in [1.54, 1.807) is 26.4 Å². The topological polar surface area (TPSA) is 60.5 Å². The zero-order valence-corrected chi connectivity index (χ0v) is 35.7. The van der Waals surface area contributed by atoms with Crippen molar-refractivity contribution in [2.75, 3.05) is 20.8 Å². The third-order valence-electron chi connectivity index (χ3n) is 12.5. The SMILES string of the molecule is COc1cc2cc(C3(CNC4CCC4)C=CCCC3)nc(CCCC(CCCC(=O)CCc3ccc(F)cc3)(c3ccccc3)c3ccccc3)c2cc1OC.Cl.Cl. The molecule has 0 aliphatic heterocycles. The van der Waals surface area contributed by atoms with Gasteiger partial charge in [0, 0.05) is 47.3 Å². The van der Waals surface area contributed by atoms with E-state index in [1.807, 2.05) is 0 Å². The van der Waals surface area contributed by atoms with Crippen molar-refractivity contribution in [1.29, 1.82) is 0 Å². The van der Waals surface area contributed by atoms with Crippen molar-refractivity contribution in [2.45, 2.75) is 107 Å². The fourth-order valence-corrected chi connectivity index (χ4v) is 9.00. The van der Waals surface area contributed by atoms with Gasteiger partial charge in [0.15, 0.2) is 11.5 Å². The molecule has 0 amide bonds. The smallest absolute Gasteiger partial charge is 0.161 e. The number of methoxy groups -OCH3 is 2. The van der Waals surface area contributed by atoms with E-state index in [1.165, 1.54) is 42.5 Å². The lowest BCUT2D eigenvalue weighted by atomic mass is 9.68. The van der Waals surface area contributed by atoms with Gasteiger partial charge in [0.2, 0.25) is 0 Å². The summed E-state index contributed by atoms with van der Waals surface area (Å²) < 4.78 is 25.1. The van der Waals surface area contributed by atoms with E-state index in [0.29, 0.717) is 31.1 Å². The average Bonchev–Trinajstić information content (AvgIpc) is 3.22. The van der Waals surface area contributed by atoms with Gasteiger partial charge in [0.1, 0.15) is 11.6 Å². The van der Waals surface area contributed by atoms with Gasteiger partial charge in [-0.05, 0) is 123 Å². The summed E-state index contributed by atoms with van der Waals surface area (Å²) in [7, 11) is 3.40. The summed E-state index contributed by atoms with van der Waals surface area (Å²) in [6.45, 7) is 0.896. The molecule has 1 fully saturated rings. The number of fused-ring (bicyclic) bond motifs is 1. The number of nitrogens with one attached hydrogen (secondary N) is 1. The second-order valence-electron chi connectivity index (χ2n) is 16.0. The molecule has 308 valence electrons. The number of allylic oxidation sites excluding steroid dienone is 1. The Bertz CT molecular complexity index is 2050. The summed E-state index contributed by atoms with van der Waals surface area (Å²) in [6.07, 6.45) is 17.8. The number of hydrogen-bond acceptors (Lipinski definition) is 5. The second kappa shape index (κ2) is 21.2. The molecule has 0 spiro atoms. The highest BCUT2D eigenvalue weighted by Crippen LogP contribution is 2.43. The van der Waals surface area contributed by atoms with Gasteiger partial charge in [0.05, 0.1) is 19.9 Å². The lowest BCUT2D eigenvalue weighted by molar-refractivity contribution is -0.119. The summed E-state index contributed by atoms with van der Waals surface area (Å²) in [5, 5.41) is 6.14. The Kier molecular flexibility index (Phi) is 16.4. The predicted octanol–water partition coefficient (Wildman–Crippen LogP) is 12.0. The molecular weight excluding hydrogens is 766 g/mol. The van der Waals surface area contributed by atoms with E-state index >= 15 is 0 Å².